The minimum atomic E-state index is -0.726. The number of rotatable bonds is 39. The molecule has 0 fully saturated rings. The molecule has 6 nitrogen and oxygen atoms in total. The van der Waals surface area contributed by atoms with Gasteiger partial charge in [0.15, 0.2) is 0 Å². The van der Waals surface area contributed by atoms with Crippen molar-refractivity contribution in [2.75, 3.05) is 40.4 Å². The van der Waals surface area contributed by atoms with Crippen molar-refractivity contribution in [3.8, 4) is 0 Å². The molecule has 0 radical (unpaired) electrons. The molecule has 0 heterocycles. The largest absolute Gasteiger partial charge is 0.463 e. The molecule has 0 aromatic carbocycles. The zero-order chi connectivity index (χ0) is 36.1. The predicted molar refractivity (Wildman–Crippen MR) is 209 cm³/mol. The zero-order valence-electron chi connectivity index (χ0n) is 33.6. The minimum Gasteiger partial charge on any atom is -0.463 e. The van der Waals surface area contributed by atoms with Gasteiger partial charge in [0.2, 0.25) is 0 Å². The predicted octanol–water partition coefficient (Wildman–Crippen LogP) is 12.0. The maximum atomic E-state index is 12.2. The van der Waals surface area contributed by atoms with Gasteiger partial charge in [0, 0.05) is 12.8 Å². The van der Waals surface area contributed by atoms with Crippen LogP contribution in [0.3, 0.4) is 0 Å². The number of ether oxygens (including phenoxy) is 2. The Kier molecular flexibility index (Phi) is 35.8. The van der Waals surface area contributed by atoms with E-state index in [-0.39, 0.29) is 18.5 Å². The SMILES string of the molecule is CCCCCCCCCCCCCCCCCC(=O)OCC[N+](C)(C)CC(O)COC(=O)CCCCCCCCCCCCCCCCC. The number of unbranched alkanes of at least 4 members (excludes halogenated alkanes) is 28. The van der Waals surface area contributed by atoms with Crippen LogP contribution < -0.4 is 0 Å². The molecular formula is C43H86NO5+. The lowest BCUT2D eigenvalue weighted by molar-refractivity contribution is -0.893. The summed E-state index contributed by atoms with van der Waals surface area (Å²) in [7, 11) is 4.01. The monoisotopic (exact) mass is 697 g/mol. The van der Waals surface area contributed by atoms with E-state index in [2.05, 4.69) is 13.8 Å². The van der Waals surface area contributed by atoms with Crippen LogP contribution in [0.1, 0.15) is 219 Å². The average Bonchev–Trinajstić information content (AvgIpc) is 3.07. The zero-order valence-corrected chi connectivity index (χ0v) is 33.6. The lowest BCUT2D eigenvalue weighted by atomic mass is 10.0. The summed E-state index contributed by atoms with van der Waals surface area (Å²) in [5.74, 6) is -0.338. The van der Waals surface area contributed by atoms with Gasteiger partial charge in [-0.1, -0.05) is 194 Å². The molecule has 1 N–H and O–H groups in total. The summed E-state index contributed by atoms with van der Waals surface area (Å²) >= 11 is 0. The number of hydrogen-bond acceptors (Lipinski definition) is 5. The van der Waals surface area contributed by atoms with Crippen molar-refractivity contribution >= 4 is 11.9 Å². The standard InChI is InChI=1S/C43H86NO5/c1-5-7-9-11-13-15-17-19-21-23-25-27-29-31-33-35-42(46)48-38-37-44(3,4)39-41(45)40-49-43(47)36-34-32-30-28-26-24-22-20-18-16-14-12-10-8-6-2/h41,45H,5-40H2,1-4H3/q+1. The molecule has 0 saturated heterocycles. The molecule has 0 aliphatic heterocycles. The summed E-state index contributed by atoms with van der Waals surface area (Å²) < 4.78 is 11.3. The summed E-state index contributed by atoms with van der Waals surface area (Å²) in [6.45, 7) is 5.99. The number of carbonyl (C=O) groups excluding carboxylic acids is 2. The summed E-state index contributed by atoms with van der Waals surface area (Å²) in [5, 5.41) is 10.4. The fraction of sp³-hybridized carbons (Fsp3) is 0.953. The molecule has 0 amide bonds. The van der Waals surface area contributed by atoms with Crippen LogP contribution in [0, 0.1) is 0 Å². The molecular weight excluding hydrogens is 610 g/mol. The van der Waals surface area contributed by atoms with E-state index in [1.807, 2.05) is 14.1 Å². The third-order valence-corrected chi connectivity index (χ3v) is 10.1. The Morgan fingerprint density at radius 3 is 1.08 bits per heavy atom. The average molecular weight is 697 g/mol. The van der Waals surface area contributed by atoms with Gasteiger partial charge in [0.1, 0.15) is 32.4 Å². The van der Waals surface area contributed by atoms with Gasteiger partial charge in [0.25, 0.3) is 0 Å². The van der Waals surface area contributed by atoms with E-state index in [9.17, 15) is 14.7 Å². The van der Waals surface area contributed by atoms with Crippen molar-refractivity contribution in [3.63, 3.8) is 0 Å². The molecule has 0 saturated carbocycles. The van der Waals surface area contributed by atoms with E-state index in [1.165, 1.54) is 167 Å². The topological polar surface area (TPSA) is 72.8 Å². The Hall–Kier alpha value is -1.14. The first-order valence-electron chi connectivity index (χ1n) is 21.6. The van der Waals surface area contributed by atoms with Crippen LogP contribution in [-0.4, -0.2) is 68.0 Å². The van der Waals surface area contributed by atoms with Crippen molar-refractivity contribution in [1.82, 2.24) is 0 Å². The molecule has 0 aromatic heterocycles. The van der Waals surface area contributed by atoms with E-state index < -0.39 is 6.10 Å². The highest BCUT2D eigenvalue weighted by atomic mass is 16.5. The van der Waals surface area contributed by atoms with Crippen LogP contribution >= 0.6 is 0 Å². The second-order valence-electron chi connectivity index (χ2n) is 15.8. The van der Waals surface area contributed by atoms with Gasteiger partial charge in [-0.25, -0.2) is 0 Å². The van der Waals surface area contributed by atoms with Crippen LogP contribution in [0.15, 0.2) is 0 Å². The number of nitrogens with zero attached hydrogens (tertiary/aromatic N) is 1. The normalized spacial score (nSPS) is 12.3. The van der Waals surface area contributed by atoms with Crippen LogP contribution in [-0.2, 0) is 19.1 Å². The first-order chi connectivity index (χ1) is 23.8. The van der Waals surface area contributed by atoms with E-state index in [4.69, 9.17) is 9.47 Å². The second kappa shape index (κ2) is 36.6. The maximum absolute atomic E-state index is 12.2. The van der Waals surface area contributed by atoms with Crippen molar-refractivity contribution in [2.45, 2.75) is 225 Å². The molecule has 49 heavy (non-hydrogen) atoms. The van der Waals surface area contributed by atoms with E-state index in [1.54, 1.807) is 0 Å². The summed E-state index contributed by atoms with van der Waals surface area (Å²) in [5.41, 5.74) is 0. The highest BCUT2D eigenvalue weighted by Crippen LogP contribution is 2.15. The fourth-order valence-corrected chi connectivity index (χ4v) is 6.74. The van der Waals surface area contributed by atoms with Crippen LogP contribution in [0.25, 0.3) is 0 Å². The molecule has 1 atom stereocenters. The van der Waals surface area contributed by atoms with Gasteiger partial charge in [-0.05, 0) is 12.8 Å². The molecule has 1 unspecified atom stereocenters. The van der Waals surface area contributed by atoms with E-state index in [0.29, 0.717) is 37.0 Å². The summed E-state index contributed by atoms with van der Waals surface area (Å²) in [6, 6.07) is 0. The lowest BCUT2D eigenvalue weighted by Crippen LogP contribution is -2.48. The van der Waals surface area contributed by atoms with Crippen molar-refractivity contribution < 1.29 is 28.7 Å². The third-order valence-electron chi connectivity index (χ3n) is 10.1. The second-order valence-corrected chi connectivity index (χ2v) is 15.8. The summed E-state index contributed by atoms with van der Waals surface area (Å²) in [6.07, 6.45) is 39.4. The van der Waals surface area contributed by atoms with Gasteiger partial charge < -0.3 is 19.1 Å². The van der Waals surface area contributed by atoms with Gasteiger partial charge in [-0.15, -0.1) is 0 Å². The molecule has 6 heteroatoms. The van der Waals surface area contributed by atoms with Gasteiger partial charge in [-0.3, -0.25) is 9.59 Å². The molecule has 0 aromatic rings. The van der Waals surface area contributed by atoms with E-state index in [0.717, 1.165) is 25.7 Å². The van der Waals surface area contributed by atoms with Gasteiger partial charge >= 0.3 is 11.9 Å². The molecule has 0 aliphatic rings. The Morgan fingerprint density at radius 1 is 0.469 bits per heavy atom. The summed E-state index contributed by atoms with van der Waals surface area (Å²) in [4.78, 5) is 24.3. The number of esters is 2. The molecule has 0 bridgehead atoms. The van der Waals surface area contributed by atoms with Crippen molar-refractivity contribution in [3.05, 3.63) is 0 Å². The molecule has 292 valence electrons. The Labute approximate surface area is 305 Å². The highest BCUT2D eigenvalue weighted by Gasteiger charge is 2.22. The van der Waals surface area contributed by atoms with Crippen LogP contribution in [0.2, 0.25) is 0 Å². The minimum absolute atomic E-state index is 0.0260. The quantitative estimate of drug-likeness (QED) is 0.0393. The Balaban J connectivity index is 3.58. The Bertz CT molecular complexity index is 712. The molecule has 0 aliphatic carbocycles. The van der Waals surface area contributed by atoms with E-state index >= 15 is 0 Å². The number of aliphatic hydroxyl groups excluding tert-OH is 1. The lowest BCUT2D eigenvalue weighted by Gasteiger charge is -2.31. The Morgan fingerprint density at radius 2 is 0.755 bits per heavy atom. The number of hydrogen-bond donors (Lipinski definition) is 1. The van der Waals surface area contributed by atoms with Crippen LogP contribution in [0.4, 0.5) is 0 Å². The highest BCUT2D eigenvalue weighted by molar-refractivity contribution is 5.69. The molecule has 0 rings (SSSR count). The fourth-order valence-electron chi connectivity index (χ4n) is 6.74. The maximum Gasteiger partial charge on any atom is 0.305 e. The van der Waals surface area contributed by atoms with Crippen LogP contribution in [0.5, 0.6) is 0 Å². The first kappa shape index (κ1) is 47.9. The number of likely N-dealkylation sites (N-methyl/N-ethyl adjacent to an activating group) is 1. The van der Waals surface area contributed by atoms with Crippen molar-refractivity contribution in [1.29, 1.82) is 0 Å². The van der Waals surface area contributed by atoms with Gasteiger partial charge in [0.05, 0.1) is 14.1 Å². The number of aliphatic hydroxyl groups is 1. The number of quaternary nitrogens is 1. The van der Waals surface area contributed by atoms with Gasteiger partial charge in [-0.2, -0.15) is 0 Å². The first-order valence-corrected chi connectivity index (χ1v) is 21.6. The smallest absolute Gasteiger partial charge is 0.305 e. The van der Waals surface area contributed by atoms with Crippen molar-refractivity contribution in [2.24, 2.45) is 0 Å². The number of carbonyl (C=O) groups is 2. The third kappa shape index (κ3) is 37.9. The molecule has 0 spiro atoms.